The zero-order chi connectivity index (χ0) is 11.2. The Morgan fingerprint density at radius 2 is 2.31 bits per heavy atom. The molecule has 1 aromatic rings. The number of hydrogen-bond acceptors (Lipinski definition) is 3. The van der Waals surface area contributed by atoms with Gasteiger partial charge in [-0.3, -0.25) is 0 Å². The number of nitrogens with zero attached hydrogens (tertiary/aromatic N) is 1. The highest BCUT2D eigenvalue weighted by molar-refractivity contribution is 8.00. The van der Waals surface area contributed by atoms with Crippen molar-refractivity contribution in [2.45, 2.75) is 41.9 Å². The Bertz CT molecular complexity index is 487. The highest BCUT2D eigenvalue weighted by Crippen LogP contribution is 2.50. The lowest BCUT2D eigenvalue weighted by Gasteiger charge is -2.09. The predicted octanol–water partition coefficient (Wildman–Crippen LogP) is 3.05. The molecule has 3 rings (SSSR count). The summed E-state index contributed by atoms with van der Waals surface area (Å²) in [5.74, 6) is 0. The van der Waals surface area contributed by atoms with Crippen molar-refractivity contribution in [2.24, 2.45) is 4.99 Å². The Labute approximate surface area is 99.2 Å². The number of benzene rings is 1. The van der Waals surface area contributed by atoms with Crippen LogP contribution in [0.25, 0.3) is 0 Å². The Kier molecular flexibility index (Phi) is 2.20. The molecule has 1 fully saturated rings. The third-order valence-corrected chi connectivity index (χ3v) is 4.64. The summed E-state index contributed by atoms with van der Waals surface area (Å²) >= 11 is 1.94. The van der Waals surface area contributed by atoms with E-state index in [0.29, 0.717) is 5.25 Å². The molecule has 16 heavy (non-hydrogen) atoms. The van der Waals surface area contributed by atoms with Gasteiger partial charge in [0.05, 0.1) is 5.54 Å². The van der Waals surface area contributed by atoms with Gasteiger partial charge in [-0.05, 0) is 36.5 Å². The SMILES string of the molecule is CC1Cc2cc(C3(N=C=O)CC3)ccc2S1. The molecule has 1 saturated carbocycles. The first-order valence-corrected chi connectivity index (χ1v) is 6.51. The van der Waals surface area contributed by atoms with Crippen molar-refractivity contribution in [2.75, 3.05) is 0 Å². The van der Waals surface area contributed by atoms with Gasteiger partial charge in [-0.25, -0.2) is 4.79 Å². The van der Waals surface area contributed by atoms with Gasteiger partial charge in [0.2, 0.25) is 6.08 Å². The third kappa shape index (κ3) is 1.51. The molecule has 0 radical (unpaired) electrons. The van der Waals surface area contributed by atoms with Crippen molar-refractivity contribution < 1.29 is 4.79 Å². The summed E-state index contributed by atoms with van der Waals surface area (Å²) in [7, 11) is 0. The van der Waals surface area contributed by atoms with E-state index in [1.54, 1.807) is 6.08 Å². The van der Waals surface area contributed by atoms with Crippen LogP contribution in [0.4, 0.5) is 0 Å². The van der Waals surface area contributed by atoms with E-state index in [1.807, 2.05) is 11.8 Å². The molecule has 2 aliphatic rings. The fraction of sp³-hybridized carbons (Fsp3) is 0.462. The van der Waals surface area contributed by atoms with E-state index in [9.17, 15) is 4.79 Å². The molecule has 1 aliphatic heterocycles. The van der Waals surface area contributed by atoms with Crippen molar-refractivity contribution in [3.63, 3.8) is 0 Å². The van der Waals surface area contributed by atoms with Crippen LogP contribution in [0, 0.1) is 0 Å². The molecule has 1 aliphatic carbocycles. The molecular weight excluding hydrogens is 218 g/mol. The summed E-state index contributed by atoms with van der Waals surface area (Å²) < 4.78 is 0. The molecule has 0 N–H and O–H groups in total. The molecule has 0 aromatic heterocycles. The summed E-state index contributed by atoms with van der Waals surface area (Å²) in [6, 6.07) is 6.54. The minimum atomic E-state index is -0.215. The average molecular weight is 231 g/mol. The monoisotopic (exact) mass is 231 g/mol. The standard InChI is InChI=1S/C13H13NOS/c1-9-6-10-7-11(2-3-12(10)16-9)13(4-5-13)14-8-15/h2-3,7,9H,4-6H2,1H3. The van der Waals surface area contributed by atoms with Crippen LogP contribution in [0.3, 0.4) is 0 Å². The maximum absolute atomic E-state index is 10.4. The average Bonchev–Trinajstić information content (AvgIpc) is 2.93. The summed E-state index contributed by atoms with van der Waals surface area (Å²) in [6.07, 6.45) is 4.83. The summed E-state index contributed by atoms with van der Waals surface area (Å²) in [4.78, 5) is 15.8. The number of fused-ring (bicyclic) bond motifs is 1. The lowest BCUT2D eigenvalue weighted by Crippen LogP contribution is -2.03. The molecule has 1 heterocycles. The molecule has 1 atom stereocenters. The lowest BCUT2D eigenvalue weighted by molar-refractivity contribution is 0.556. The van der Waals surface area contributed by atoms with Crippen LogP contribution in [0.2, 0.25) is 0 Å². The van der Waals surface area contributed by atoms with Crippen molar-refractivity contribution >= 4 is 17.8 Å². The molecule has 0 spiro atoms. The van der Waals surface area contributed by atoms with E-state index >= 15 is 0 Å². The van der Waals surface area contributed by atoms with Crippen LogP contribution < -0.4 is 0 Å². The van der Waals surface area contributed by atoms with Crippen molar-refractivity contribution in [1.82, 2.24) is 0 Å². The molecule has 0 saturated heterocycles. The van der Waals surface area contributed by atoms with E-state index in [4.69, 9.17) is 0 Å². The number of thioether (sulfide) groups is 1. The minimum absolute atomic E-state index is 0.215. The zero-order valence-corrected chi connectivity index (χ0v) is 10.0. The van der Waals surface area contributed by atoms with Crippen molar-refractivity contribution in [3.8, 4) is 0 Å². The van der Waals surface area contributed by atoms with E-state index in [1.165, 1.54) is 16.0 Å². The van der Waals surface area contributed by atoms with Crippen LogP contribution in [-0.4, -0.2) is 11.3 Å². The summed E-state index contributed by atoms with van der Waals surface area (Å²) in [5.41, 5.74) is 2.40. The highest BCUT2D eigenvalue weighted by atomic mass is 32.2. The molecule has 82 valence electrons. The zero-order valence-electron chi connectivity index (χ0n) is 9.19. The first kappa shape index (κ1) is 10.1. The fourth-order valence-electron chi connectivity index (χ4n) is 2.38. The second kappa shape index (κ2) is 3.47. The molecule has 3 heteroatoms. The van der Waals surface area contributed by atoms with E-state index < -0.39 is 0 Å². The van der Waals surface area contributed by atoms with Crippen LogP contribution in [0.1, 0.15) is 30.9 Å². The second-order valence-electron chi connectivity index (χ2n) is 4.69. The van der Waals surface area contributed by atoms with Crippen LogP contribution >= 0.6 is 11.8 Å². The van der Waals surface area contributed by atoms with Gasteiger partial charge in [0.15, 0.2) is 0 Å². The van der Waals surface area contributed by atoms with Crippen LogP contribution in [0.5, 0.6) is 0 Å². The second-order valence-corrected chi connectivity index (χ2v) is 6.17. The van der Waals surface area contributed by atoms with Gasteiger partial charge in [0.25, 0.3) is 0 Å². The molecule has 2 nitrogen and oxygen atoms in total. The molecule has 0 amide bonds. The van der Waals surface area contributed by atoms with Crippen LogP contribution in [-0.2, 0) is 16.8 Å². The van der Waals surface area contributed by atoms with Gasteiger partial charge in [0, 0.05) is 10.1 Å². The number of aliphatic imine (C=N–C) groups is 1. The van der Waals surface area contributed by atoms with Gasteiger partial charge >= 0.3 is 0 Å². The Morgan fingerprint density at radius 1 is 1.50 bits per heavy atom. The molecule has 1 aromatic carbocycles. The first-order valence-electron chi connectivity index (χ1n) is 5.63. The van der Waals surface area contributed by atoms with Crippen molar-refractivity contribution in [1.29, 1.82) is 0 Å². The predicted molar refractivity (Wildman–Crippen MR) is 64.5 cm³/mol. The van der Waals surface area contributed by atoms with Gasteiger partial charge in [0.1, 0.15) is 0 Å². The van der Waals surface area contributed by atoms with E-state index in [0.717, 1.165) is 19.3 Å². The maximum Gasteiger partial charge on any atom is 0.235 e. The summed E-state index contributed by atoms with van der Waals surface area (Å²) in [6.45, 7) is 2.25. The number of isocyanates is 1. The first-order chi connectivity index (χ1) is 7.73. The van der Waals surface area contributed by atoms with E-state index in [2.05, 4.69) is 30.1 Å². The van der Waals surface area contributed by atoms with E-state index in [-0.39, 0.29) is 5.54 Å². The maximum atomic E-state index is 10.4. The van der Waals surface area contributed by atoms with Gasteiger partial charge < -0.3 is 0 Å². The number of rotatable bonds is 2. The highest BCUT2D eigenvalue weighted by Gasteiger charge is 2.45. The topological polar surface area (TPSA) is 29.4 Å². The fourth-order valence-corrected chi connectivity index (χ4v) is 3.52. The largest absolute Gasteiger partial charge is 0.235 e. The summed E-state index contributed by atoms with van der Waals surface area (Å²) in [5, 5.41) is 0.676. The Morgan fingerprint density at radius 3 is 3.00 bits per heavy atom. The van der Waals surface area contributed by atoms with Crippen LogP contribution in [0.15, 0.2) is 28.1 Å². The molecular formula is C13H13NOS. The Hall–Kier alpha value is -1.05. The third-order valence-electron chi connectivity index (χ3n) is 3.42. The molecule has 0 bridgehead atoms. The van der Waals surface area contributed by atoms with Gasteiger partial charge in [-0.1, -0.05) is 19.1 Å². The Balaban J connectivity index is 2.00. The number of carbonyl (C=O) groups excluding carboxylic acids is 1. The quantitative estimate of drug-likeness (QED) is 0.578. The van der Waals surface area contributed by atoms with Crippen molar-refractivity contribution in [3.05, 3.63) is 29.3 Å². The van der Waals surface area contributed by atoms with Gasteiger partial charge in [-0.2, -0.15) is 4.99 Å². The molecule has 1 unspecified atom stereocenters. The number of hydrogen-bond donors (Lipinski definition) is 0. The van der Waals surface area contributed by atoms with Gasteiger partial charge in [-0.15, -0.1) is 11.8 Å². The lowest BCUT2D eigenvalue weighted by atomic mass is 10.0. The minimum Gasteiger partial charge on any atom is -0.211 e. The normalized spacial score (nSPS) is 24.7. The smallest absolute Gasteiger partial charge is 0.211 e.